The molecule has 10 nitrogen and oxygen atoms in total. The third-order valence-electron chi connectivity index (χ3n) is 5.55. The van der Waals surface area contributed by atoms with Crippen LogP contribution < -0.4 is 15.0 Å². The van der Waals surface area contributed by atoms with Crippen LogP contribution in [-0.2, 0) is 20.8 Å². The van der Waals surface area contributed by atoms with Gasteiger partial charge in [-0.1, -0.05) is 0 Å². The number of anilines is 1. The molecule has 0 saturated carbocycles. The van der Waals surface area contributed by atoms with Gasteiger partial charge in [-0.25, -0.2) is 9.78 Å². The highest BCUT2D eigenvalue weighted by Gasteiger charge is 2.49. The lowest BCUT2D eigenvalue weighted by Crippen LogP contribution is -2.64. The zero-order chi connectivity index (χ0) is 24.9. The first-order chi connectivity index (χ1) is 16.2. The second-order valence-electron chi connectivity index (χ2n) is 8.43. The van der Waals surface area contributed by atoms with Crippen LogP contribution in [0.25, 0.3) is 0 Å². The van der Waals surface area contributed by atoms with Gasteiger partial charge in [-0.3, -0.25) is 14.5 Å². The summed E-state index contributed by atoms with van der Waals surface area (Å²) in [5, 5.41) is 2.93. The molecule has 0 bridgehead atoms. The Morgan fingerprint density at radius 3 is 2.56 bits per heavy atom. The van der Waals surface area contributed by atoms with E-state index in [2.05, 4.69) is 10.3 Å². The molecule has 1 atom stereocenters. The third kappa shape index (κ3) is 5.06. The van der Waals surface area contributed by atoms with Gasteiger partial charge in [0.05, 0.1) is 32.7 Å². The van der Waals surface area contributed by atoms with E-state index in [0.29, 0.717) is 37.6 Å². The number of hydrogen-bond donors (Lipinski definition) is 1. The minimum Gasteiger partial charge on any atom is -0.494 e. The molecule has 0 aliphatic carbocycles. The van der Waals surface area contributed by atoms with Gasteiger partial charge in [-0.15, -0.1) is 0 Å². The van der Waals surface area contributed by atoms with E-state index in [1.54, 1.807) is 31.2 Å². The van der Waals surface area contributed by atoms with Gasteiger partial charge in [-0.2, -0.15) is 0 Å². The Hall–Kier alpha value is -3.40. The van der Waals surface area contributed by atoms with E-state index in [9.17, 15) is 14.4 Å². The van der Waals surface area contributed by atoms with Crippen LogP contribution in [0.15, 0.2) is 30.6 Å². The fourth-order valence-corrected chi connectivity index (χ4v) is 3.92. The van der Waals surface area contributed by atoms with E-state index >= 15 is 0 Å². The molecule has 1 aromatic heterocycles. The maximum Gasteiger partial charge on any atom is 0.359 e. The van der Waals surface area contributed by atoms with Crippen molar-refractivity contribution in [2.24, 2.45) is 0 Å². The number of esters is 1. The van der Waals surface area contributed by atoms with E-state index in [1.807, 2.05) is 20.8 Å². The number of hydrogen-bond acceptors (Lipinski definition) is 7. The lowest BCUT2D eigenvalue weighted by atomic mass is 9.93. The first-order valence-corrected chi connectivity index (χ1v) is 11.3. The summed E-state index contributed by atoms with van der Waals surface area (Å²) in [7, 11) is 1.23. The van der Waals surface area contributed by atoms with E-state index in [4.69, 9.17) is 14.2 Å². The number of imidazole rings is 1. The van der Waals surface area contributed by atoms with E-state index in [-0.39, 0.29) is 29.9 Å². The minimum absolute atomic E-state index is 0.0799. The molecule has 184 valence electrons. The quantitative estimate of drug-likeness (QED) is 0.417. The van der Waals surface area contributed by atoms with Gasteiger partial charge in [0.15, 0.2) is 5.69 Å². The Morgan fingerprint density at radius 1 is 1.24 bits per heavy atom. The number of nitrogens with one attached hydrogen (secondary N) is 1. The van der Waals surface area contributed by atoms with Crippen LogP contribution in [0.2, 0.25) is 0 Å². The van der Waals surface area contributed by atoms with Gasteiger partial charge in [0.1, 0.15) is 17.0 Å². The fraction of sp³-hybridized carbons (Fsp3) is 0.500. The molecule has 2 heterocycles. The highest BCUT2D eigenvalue weighted by molar-refractivity contribution is 6.15. The number of carbonyl (C=O) groups is 3. The number of amides is 2. The molecule has 2 aromatic rings. The maximum atomic E-state index is 13.7. The zero-order valence-electron chi connectivity index (χ0n) is 20.3. The number of fused-ring (bicyclic) bond motifs is 1. The van der Waals surface area contributed by atoms with Crippen molar-refractivity contribution in [3.8, 4) is 5.75 Å². The first-order valence-electron chi connectivity index (χ1n) is 11.3. The molecule has 0 spiro atoms. The highest BCUT2D eigenvalue weighted by atomic mass is 16.5. The van der Waals surface area contributed by atoms with Crippen molar-refractivity contribution in [1.82, 2.24) is 14.9 Å². The normalized spacial score (nSPS) is 17.5. The van der Waals surface area contributed by atoms with Crippen molar-refractivity contribution in [2.45, 2.75) is 52.3 Å². The first kappa shape index (κ1) is 25.2. The average Bonchev–Trinajstić information content (AvgIpc) is 3.23. The Bertz CT molecular complexity index is 1030. The Balaban J connectivity index is 1.95. The topological polar surface area (TPSA) is 112 Å². The number of methoxy groups -OCH3 is 1. The van der Waals surface area contributed by atoms with Gasteiger partial charge in [-0.05, 0) is 58.4 Å². The fourth-order valence-electron chi connectivity index (χ4n) is 3.92. The van der Waals surface area contributed by atoms with Crippen molar-refractivity contribution in [2.75, 3.05) is 31.8 Å². The van der Waals surface area contributed by atoms with Crippen LogP contribution in [0.1, 0.15) is 55.1 Å². The highest BCUT2D eigenvalue weighted by Crippen LogP contribution is 2.34. The summed E-state index contributed by atoms with van der Waals surface area (Å²) in [6.45, 7) is 9.01. The maximum absolute atomic E-state index is 13.7. The summed E-state index contributed by atoms with van der Waals surface area (Å²) in [5.74, 6) is -0.911. The van der Waals surface area contributed by atoms with Crippen molar-refractivity contribution >= 4 is 23.5 Å². The predicted octanol–water partition coefficient (Wildman–Crippen LogP) is 2.42. The molecule has 1 N–H and O–H groups in total. The monoisotopic (exact) mass is 472 g/mol. The molecule has 1 aliphatic heterocycles. The van der Waals surface area contributed by atoms with Crippen LogP contribution in [0.4, 0.5) is 5.69 Å². The van der Waals surface area contributed by atoms with Gasteiger partial charge in [0.2, 0.25) is 5.91 Å². The molecule has 1 aromatic carbocycles. The molecule has 34 heavy (non-hydrogen) atoms. The summed E-state index contributed by atoms with van der Waals surface area (Å²) >= 11 is 0. The number of aromatic nitrogens is 2. The van der Waals surface area contributed by atoms with Crippen molar-refractivity contribution in [3.05, 3.63) is 42.0 Å². The SMILES string of the molecule is CCOc1ccc(N2C(=O)c3c(C(=O)OC)ncn3C[C@@]2(C)C(=O)NCCCOC(C)C)cc1. The Morgan fingerprint density at radius 2 is 1.94 bits per heavy atom. The van der Waals surface area contributed by atoms with Crippen molar-refractivity contribution < 1.29 is 28.6 Å². The minimum atomic E-state index is -1.27. The molecule has 3 rings (SSSR count). The standard InChI is InChI=1S/C24H32N4O6/c1-6-33-18-10-8-17(9-11-18)28-21(29)20-19(22(30)32-5)26-15-27(20)14-24(28,4)23(31)25-12-7-13-34-16(2)3/h8-11,15-16H,6-7,12-14H2,1-5H3,(H,25,31)/t24-/m0/s1. The van der Waals surface area contributed by atoms with E-state index < -0.39 is 17.4 Å². The van der Waals surface area contributed by atoms with Gasteiger partial charge >= 0.3 is 5.97 Å². The van der Waals surface area contributed by atoms with Crippen molar-refractivity contribution in [1.29, 1.82) is 0 Å². The predicted molar refractivity (Wildman–Crippen MR) is 125 cm³/mol. The van der Waals surface area contributed by atoms with Crippen molar-refractivity contribution in [3.63, 3.8) is 0 Å². The van der Waals surface area contributed by atoms with Gasteiger partial charge in [0.25, 0.3) is 5.91 Å². The van der Waals surface area contributed by atoms with Crippen LogP contribution in [0, 0.1) is 0 Å². The Labute approximate surface area is 199 Å². The summed E-state index contributed by atoms with van der Waals surface area (Å²) < 4.78 is 17.4. The van der Waals surface area contributed by atoms with Gasteiger partial charge < -0.3 is 24.1 Å². The molecular weight excluding hydrogens is 440 g/mol. The molecule has 0 radical (unpaired) electrons. The number of benzene rings is 1. The molecular formula is C24H32N4O6. The summed E-state index contributed by atoms with van der Waals surface area (Å²) in [6, 6.07) is 6.91. The number of nitrogens with zero attached hydrogens (tertiary/aromatic N) is 3. The van der Waals surface area contributed by atoms with Gasteiger partial charge in [0, 0.05) is 18.8 Å². The molecule has 10 heteroatoms. The van der Waals surface area contributed by atoms with Crippen LogP contribution in [0.3, 0.4) is 0 Å². The smallest absolute Gasteiger partial charge is 0.359 e. The molecule has 0 fully saturated rings. The lowest BCUT2D eigenvalue weighted by Gasteiger charge is -2.43. The number of ether oxygens (including phenoxy) is 3. The van der Waals surface area contributed by atoms with E-state index in [1.165, 1.54) is 22.9 Å². The second kappa shape index (κ2) is 10.7. The molecule has 2 amide bonds. The summed E-state index contributed by atoms with van der Waals surface area (Å²) in [6.07, 6.45) is 2.14. The van der Waals surface area contributed by atoms with Crippen LogP contribution in [0.5, 0.6) is 5.75 Å². The Kier molecular flexibility index (Phi) is 7.93. The van der Waals surface area contributed by atoms with E-state index in [0.717, 1.165) is 0 Å². The zero-order valence-corrected chi connectivity index (χ0v) is 20.3. The largest absolute Gasteiger partial charge is 0.494 e. The summed E-state index contributed by atoms with van der Waals surface area (Å²) in [5.41, 5.74) is -0.782. The third-order valence-corrected chi connectivity index (χ3v) is 5.55. The van der Waals surface area contributed by atoms with Crippen LogP contribution >= 0.6 is 0 Å². The lowest BCUT2D eigenvalue weighted by molar-refractivity contribution is -0.126. The molecule has 0 saturated heterocycles. The number of carbonyl (C=O) groups excluding carboxylic acids is 3. The molecule has 1 aliphatic rings. The summed E-state index contributed by atoms with van der Waals surface area (Å²) in [4.78, 5) is 44.9. The average molecular weight is 473 g/mol. The second-order valence-corrected chi connectivity index (χ2v) is 8.43. The molecule has 0 unspecified atom stereocenters. The number of rotatable bonds is 10. The van der Waals surface area contributed by atoms with Crippen LogP contribution in [-0.4, -0.2) is 65.8 Å².